The molecule has 13 heteroatoms. The van der Waals surface area contributed by atoms with Gasteiger partial charge >= 0.3 is 0 Å². The molecule has 0 bridgehead atoms. The summed E-state index contributed by atoms with van der Waals surface area (Å²) in [6.45, 7) is 0.834. The summed E-state index contributed by atoms with van der Waals surface area (Å²) in [5.74, 6) is -0.750. The Hall–Kier alpha value is -2.31. The first-order valence-corrected chi connectivity index (χ1v) is 12.4. The van der Waals surface area contributed by atoms with Crippen LogP contribution in [-0.4, -0.2) is 62.1 Å². The number of nitro benzene ring substituents is 1. The molecule has 0 fully saturated rings. The maximum atomic E-state index is 13.0. The van der Waals surface area contributed by atoms with Crippen LogP contribution in [0.25, 0.3) is 10.2 Å². The lowest BCUT2D eigenvalue weighted by atomic mass is 10.3. The molecule has 3 aromatic rings. The van der Waals surface area contributed by atoms with Gasteiger partial charge in [0.05, 0.1) is 25.8 Å². The Morgan fingerprint density at radius 2 is 1.82 bits per heavy atom. The average molecular weight is 533 g/mol. The van der Waals surface area contributed by atoms with Gasteiger partial charge in [-0.05, 0) is 44.4 Å². The number of anilines is 1. The fourth-order valence-corrected chi connectivity index (χ4v) is 5.27. The molecule has 0 radical (unpaired) electrons. The van der Waals surface area contributed by atoms with E-state index in [1.807, 2.05) is 19.0 Å². The molecule has 1 heterocycles. The van der Waals surface area contributed by atoms with Crippen LogP contribution in [0.15, 0.2) is 47.4 Å². The smallest absolute Gasteiger partial charge is 0.270 e. The normalized spacial score (nSPS) is 11.4. The molecule has 0 N–H and O–H groups in total. The number of aromatic nitrogens is 1. The number of fused-ring (bicyclic) bond motifs is 1. The number of hydrogen-bond acceptors (Lipinski definition) is 8. The quantitative estimate of drug-likeness (QED) is 0.301. The van der Waals surface area contributed by atoms with Crippen molar-refractivity contribution >= 4 is 72.1 Å². The van der Waals surface area contributed by atoms with Gasteiger partial charge in [-0.25, -0.2) is 13.4 Å². The van der Waals surface area contributed by atoms with Crippen LogP contribution in [0, 0.1) is 10.1 Å². The van der Waals surface area contributed by atoms with Gasteiger partial charge in [0.25, 0.3) is 5.69 Å². The SMILES string of the molecule is CN(C)CCN(C(=O)CCS(=O)(=O)c1ccc(Cl)cc1)c1nc2ccc([N+](=O)[O-])cc2s1.Cl. The summed E-state index contributed by atoms with van der Waals surface area (Å²) in [4.78, 5) is 31.4. The second-order valence-electron chi connectivity index (χ2n) is 7.28. The van der Waals surface area contributed by atoms with Crippen LogP contribution in [-0.2, 0) is 14.6 Å². The monoisotopic (exact) mass is 532 g/mol. The van der Waals surface area contributed by atoms with Crippen LogP contribution in [0.3, 0.4) is 0 Å². The molecule has 0 saturated carbocycles. The molecular formula is C20H22Cl2N4O5S2. The predicted octanol–water partition coefficient (Wildman–Crippen LogP) is 4.04. The fraction of sp³-hybridized carbons (Fsp3) is 0.300. The number of thiazole rings is 1. The van der Waals surface area contributed by atoms with E-state index in [0.717, 1.165) is 11.3 Å². The minimum atomic E-state index is -3.67. The average Bonchev–Trinajstić information content (AvgIpc) is 3.15. The van der Waals surface area contributed by atoms with E-state index in [4.69, 9.17) is 11.6 Å². The zero-order chi connectivity index (χ0) is 23.5. The van der Waals surface area contributed by atoms with E-state index in [2.05, 4.69) is 4.98 Å². The fourth-order valence-electron chi connectivity index (χ4n) is 2.87. The van der Waals surface area contributed by atoms with Crippen LogP contribution in [0.5, 0.6) is 0 Å². The lowest BCUT2D eigenvalue weighted by Crippen LogP contribution is -2.37. The first kappa shape index (κ1) is 26.9. The largest absolute Gasteiger partial charge is 0.308 e. The highest BCUT2D eigenvalue weighted by molar-refractivity contribution is 7.91. The van der Waals surface area contributed by atoms with Crippen LogP contribution in [0.4, 0.5) is 10.8 Å². The molecule has 2 aromatic carbocycles. The van der Waals surface area contributed by atoms with E-state index < -0.39 is 20.7 Å². The van der Waals surface area contributed by atoms with Gasteiger partial charge in [-0.1, -0.05) is 22.9 Å². The lowest BCUT2D eigenvalue weighted by Gasteiger charge is -2.22. The van der Waals surface area contributed by atoms with Crippen molar-refractivity contribution in [3.8, 4) is 0 Å². The first-order valence-electron chi connectivity index (χ1n) is 9.55. The van der Waals surface area contributed by atoms with Gasteiger partial charge in [0.1, 0.15) is 0 Å². The molecule has 9 nitrogen and oxygen atoms in total. The number of amides is 1. The third kappa shape index (κ3) is 6.84. The summed E-state index contributed by atoms with van der Waals surface area (Å²) in [5, 5.41) is 11.8. The van der Waals surface area contributed by atoms with Gasteiger partial charge in [-0.3, -0.25) is 19.8 Å². The number of non-ortho nitro benzene ring substituents is 1. The number of carbonyl (C=O) groups is 1. The number of benzene rings is 2. The standard InChI is InChI=1S/C20H21ClN4O5S2.ClH/c1-23(2)10-11-24(20-22-17-8-5-15(25(27)28)13-18(17)31-20)19(26)9-12-32(29,30)16-6-3-14(21)4-7-16;/h3-8,13H,9-12H2,1-2H3;1H. The van der Waals surface area contributed by atoms with Gasteiger partial charge < -0.3 is 4.90 Å². The summed E-state index contributed by atoms with van der Waals surface area (Å²) in [6.07, 6.45) is -0.228. The number of sulfone groups is 1. The number of hydrogen-bond donors (Lipinski definition) is 0. The van der Waals surface area contributed by atoms with E-state index in [1.165, 1.54) is 47.4 Å². The Balaban J connectivity index is 0.00000385. The first-order chi connectivity index (χ1) is 15.1. The number of nitro groups is 1. The molecule has 1 amide bonds. The zero-order valence-electron chi connectivity index (χ0n) is 17.8. The van der Waals surface area contributed by atoms with Crippen LogP contribution < -0.4 is 4.90 Å². The number of carbonyl (C=O) groups excluding carboxylic acids is 1. The van der Waals surface area contributed by atoms with E-state index in [1.54, 1.807) is 0 Å². The number of nitrogens with zero attached hydrogens (tertiary/aromatic N) is 4. The third-order valence-corrected chi connectivity index (χ3v) is 7.66. The Kier molecular flexibility index (Phi) is 9.15. The molecule has 3 rings (SSSR count). The van der Waals surface area contributed by atoms with Crippen molar-refractivity contribution in [3.63, 3.8) is 0 Å². The van der Waals surface area contributed by atoms with Gasteiger partial charge in [0.15, 0.2) is 15.0 Å². The van der Waals surface area contributed by atoms with E-state index in [9.17, 15) is 23.3 Å². The minimum Gasteiger partial charge on any atom is -0.308 e. The second-order valence-corrected chi connectivity index (χ2v) is 10.8. The predicted molar refractivity (Wildman–Crippen MR) is 133 cm³/mol. The lowest BCUT2D eigenvalue weighted by molar-refractivity contribution is -0.384. The molecule has 0 aliphatic carbocycles. The summed E-state index contributed by atoms with van der Waals surface area (Å²) in [6, 6.07) is 10.1. The van der Waals surface area contributed by atoms with Crippen LogP contribution in [0.2, 0.25) is 5.02 Å². The van der Waals surface area contributed by atoms with Gasteiger partial charge in [0, 0.05) is 36.7 Å². The highest BCUT2D eigenvalue weighted by Crippen LogP contribution is 2.32. The van der Waals surface area contributed by atoms with Gasteiger partial charge in [0.2, 0.25) is 5.91 Å². The van der Waals surface area contributed by atoms with Crippen LogP contribution >= 0.6 is 35.3 Å². The third-order valence-electron chi connectivity index (χ3n) is 4.63. The second kappa shape index (κ2) is 11.2. The minimum absolute atomic E-state index is 0. The Labute approximate surface area is 206 Å². The molecule has 0 saturated heterocycles. The topological polar surface area (TPSA) is 114 Å². The summed E-state index contributed by atoms with van der Waals surface area (Å²) < 4.78 is 25.8. The molecule has 0 unspecified atom stereocenters. The van der Waals surface area contributed by atoms with Gasteiger partial charge in [-0.2, -0.15) is 0 Å². The number of rotatable bonds is 9. The Morgan fingerprint density at radius 1 is 1.15 bits per heavy atom. The van der Waals surface area contributed by atoms with Crippen molar-refractivity contribution in [3.05, 3.63) is 57.6 Å². The molecule has 0 aliphatic heterocycles. The van der Waals surface area contributed by atoms with Gasteiger partial charge in [-0.15, -0.1) is 12.4 Å². The van der Waals surface area contributed by atoms with E-state index in [0.29, 0.717) is 33.5 Å². The Bertz CT molecular complexity index is 1250. The number of likely N-dealkylation sites (N-methyl/N-ethyl adjacent to an activating group) is 1. The molecule has 1 aromatic heterocycles. The Morgan fingerprint density at radius 3 is 2.42 bits per heavy atom. The molecule has 0 atom stereocenters. The zero-order valence-corrected chi connectivity index (χ0v) is 21.0. The molecule has 33 heavy (non-hydrogen) atoms. The van der Waals surface area contributed by atoms with Crippen molar-refractivity contribution in [1.82, 2.24) is 9.88 Å². The van der Waals surface area contributed by atoms with Crippen molar-refractivity contribution in [2.24, 2.45) is 0 Å². The maximum absolute atomic E-state index is 13.0. The van der Waals surface area contributed by atoms with E-state index >= 15 is 0 Å². The number of halogens is 2. The highest BCUT2D eigenvalue weighted by Gasteiger charge is 2.24. The summed E-state index contributed by atoms with van der Waals surface area (Å²) in [5.41, 5.74) is 0.472. The van der Waals surface area contributed by atoms with Crippen molar-refractivity contribution in [2.45, 2.75) is 11.3 Å². The molecule has 0 spiro atoms. The highest BCUT2D eigenvalue weighted by atomic mass is 35.5. The summed E-state index contributed by atoms with van der Waals surface area (Å²) >= 11 is 6.97. The van der Waals surface area contributed by atoms with Crippen LogP contribution in [0.1, 0.15) is 6.42 Å². The van der Waals surface area contributed by atoms with Crippen molar-refractivity contribution in [1.29, 1.82) is 0 Å². The molecular weight excluding hydrogens is 511 g/mol. The molecule has 178 valence electrons. The maximum Gasteiger partial charge on any atom is 0.270 e. The summed E-state index contributed by atoms with van der Waals surface area (Å²) in [7, 11) is 0.0456. The van der Waals surface area contributed by atoms with Crippen molar-refractivity contribution in [2.75, 3.05) is 37.8 Å². The van der Waals surface area contributed by atoms with Crippen molar-refractivity contribution < 1.29 is 18.1 Å². The van der Waals surface area contributed by atoms with E-state index in [-0.39, 0.29) is 35.2 Å². The molecule has 0 aliphatic rings.